The number of hydrogen-bond acceptors (Lipinski definition) is 4. The van der Waals surface area contributed by atoms with Gasteiger partial charge in [0.05, 0.1) is 6.42 Å². The van der Waals surface area contributed by atoms with Crippen molar-refractivity contribution >= 4 is 22.8 Å². The Labute approximate surface area is 124 Å². The Morgan fingerprint density at radius 1 is 1.14 bits per heavy atom. The number of nitrogens with zero attached hydrogens (tertiary/aromatic N) is 1. The summed E-state index contributed by atoms with van der Waals surface area (Å²) in [7, 11) is 0. The number of carboxylic acids is 1. The summed E-state index contributed by atoms with van der Waals surface area (Å²) in [6, 6.07) is 13.7. The lowest BCUT2D eigenvalue weighted by atomic mass is 9.98. The molecule has 0 fully saturated rings. The van der Waals surface area contributed by atoms with Gasteiger partial charge in [-0.2, -0.15) is 0 Å². The molecule has 1 aromatic heterocycles. The lowest BCUT2D eigenvalue weighted by Crippen LogP contribution is -2.00. The van der Waals surface area contributed by atoms with E-state index in [1.807, 2.05) is 0 Å². The number of carboxylic acid groups (broad SMARTS) is 1. The van der Waals surface area contributed by atoms with Crippen molar-refractivity contribution in [1.29, 1.82) is 0 Å². The first-order valence-corrected chi connectivity index (χ1v) is 6.54. The maximum absolute atomic E-state index is 11.3. The Morgan fingerprint density at radius 3 is 2.50 bits per heavy atom. The van der Waals surface area contributed by atoms with Crippen LogP contribution in [0.15, 0.2) is 52.9 Å². The van der Waals surface area contributed by atoms with E-state index >= 15 is 0 Å². The predicted octanol–water partition coefficient (Wildman–Crippen LogP) is 3.64. The molecule has 1 N–H and O–H groups in total. The first kappa shape index (κ1) is 13.8. The van der Waals surface area contributed by atoms with Crippen LogP contribution in [0.2, 0.25) is 0 Å². The first-order chi connectivity index (χ1) is 10.6. The summed E-state index contributed by atoms with van der Waals surface area (Å²) in [5.41, 5.74) is 1.73. The molecule has 0 aliphatic heterocycles. The van der Waals surface area contributed by atoms with Gasteiger partial charge in [0.2, 0.25) is 0 Å². The normalized spacial score (nSPS) is 10.7. The van der Waals surface area contributed by atoms with Crippen molar-refractivity contribution < 1.29 is 19.2 Å². The van der Waals surface area contributed by atoms with E-state index < -0.39 is 10.9 Å². The molecule has 0 unspecified atom stereocenters. The monoisotopic (exact) mass is 297 g/mol. The third-order valence-electron chi connectivity index (χ3n) is 3.35. The van der Waals surface area contributed by atoms with Crippen LogP contribution in [0, 0.1) is 10.1 Å². The zero-order valence-electron chi connectivity index (χ0n) is 11.4. The smallest absolute Gasteiger partial charge is 0.442 e. The molecule has 22 heavy (non-hydrogen) atoms. The van der Waals surface area contributed by atoms with Crippen molar-refractivity contribution in [2.45, 2.75) is 6.42 Å². The van der Waals surface area contributed by atoms with E-state index in [1.54, 1.807) is 48.5 Å². The summed E-state index contributed by atoms with van der Waals surface area (Å²) in [6.07, 6.45) is -0.228. The summed E-state index contributed by atoms with van der Waals surface area (Å²) < 4.78 is 5.35. The van der Waals surface area contributed by atoms with E-state index in [2.05, 4.69) is 0 Å². The van der Waals surface area contributed by atoms with E-state index in [9.17, 15) is 14.9 Å². The summed E-state index contributed by atoms with van der Waals surface area (Å²) in [6.45, 7) is 0. The largest absolute Gasteiger partial charge is 0.481 e. The lowest BCUT2D eigenvalue weighted by Gasteiger charge is -2.02. The average molecular weight is 297 g/mol. The minimum Gasteiger partial charge on any atom is -0.481 e. The highest BCUT2D eigenvalue weighted by molar-refractivity contribution is 6.01. The van der Waals surface area contributed by atoms with Crippen LogP contribution < -0.4 is 0 Å². The third kappa shape index (κ3) is 2.31. The standard InChI is InChI=1S/C16H11NO5/c18-13(19)9-11-7-4-8-12-14(11)15(16(22-12)17(20)21)10-5-2-1-3-6-10/h1-8H,9H2,(H,18,19). The van der Waals surface area contributed by atoms with Gasteiger partial charge in [0.25, 0.3) is 0 Å². The Kier molecular flexibility index (Phi) is 3.34. The van der Waals surface area contributed by atoms with Crippen molar-refractivity contribution in [2.24, 2.45) is 0 Å². The fourth-order valence-electron chi connectivity index (χ4n) is 2.52. The van der Waals surface area contributed by atoms with Gasteiger partial charge in [-0.1, -0.05) is 42.5 Å². The number of fused-ring (bicyclic) bond motifs is 1. The van der Waals surface area contributed by atoms with E-state index in [0.29, 0.717) is 27.7 Å². The summed E-state index contributed by atoms with van der Waals surface area (Å²) >= 11 is 0. The second kappa shape index (κ2) is 5.33. The zero-order chi connectivity index (χ0) is 15.7. The maximum atomic E-state index is 11.3. The molecule has 1 heterocycles. The molecule has 0 aliphatic rings. The number of hydrogen-bond donors (Lipinski definition) is 1. The second-order valence-corrected chi connectivity index (χ2v) is 4.77. The Bertz CT molecular complexity index is 867. The van der Waals surface area contributed by atoms with Crippen molar-refractivity contribution in [3.63, 3.8) is 0 Å². The highest BCUT2D eigenvalue weighted by atomic mass is 16.6. The van der Waals surface area contributed by atoms with E-state index in [1.165, 1.54) is 0 Å². The quantitative estimate of drug-likeness (QED) is 0.586. The molecule has 0 amide bonds. The molecule has 0 radical (unpaired) electrons. The van der Waals surface area contributed by atoms with Crippen LogP contribution in [-0.4, -0.2) is 16.0 Å². The molecule has 110 valence electrons. The van der Waals surface area contributed by atoms with Gasteiger partial charge in [-0.3, -0.25) is 14.9 Å². The maximum Gasteiger partial charge on any atom is 0.442 e. The molecule has 6 nitrogen and oxygen atoms in total. The predicted molar refractivity (Wildman–Crippen MR) is 79.6 cm³/mol. The number of aliphatic carboxylic acids is 1. The van der Waals surface area contributed by atoms with E-state index in [4.69, 9.17) is 9.52 Å². The Morgan fingerprint density at radius 2 is 1.86 bits per heavy atom. The molecule has 0 atom stereocenters. The van der Waals surface area contributed by atoms with Crippen molar-refractivity contribution in [3.05, 3.63) is 64.2 Å². The van der Waals surface area contributed by atoms with Gasteiger partial charge < -0.3 is 9.52 Å². The van der Waals surface area contributed by atoms with Crippen LogP contribution in [0.4, 0.5) is 5.88 Å². The number of rotatable bonds is 4. The number of benzene rings is 2. The molecule has 3 rings (SSSR count). The van der Waals surface area contributed by atoms with E-state index in [-0.39, 0.29) is 12.3 Å². The van der Waals surface area contributed by atoms with Gasteiger partial charge in [0, 0.05) is 5.39 Å². The summed E-state index contributed by atoms with van der Waals surface area (Å²) in [5.74, 6) is -1.38. The number of furan rings is 1. The highest BCUT2D eigenvalue weighted by Crippen LogP contribution is 2.41. The molecular weight excluding hydrogens is 286 g/mol. The molecule has 3 aromatic rings. The number of nitro groups is 1. The van der Waals surface area contributed by atoms with Crippen molar-refractivity contribution in [3.8, 4) is 11.1 Å². The van der Waals surface area contributed by atoms with Gasteiger partial charge in [-0.15, -0.1) is 0 Å². The van der Waals surface area contributed by atoms with E-state index in [0.717, 1.165) is 0 Å². The van der Waals surface area contributed by atoms with Crippen LogP contribution in [0.3, 0.4) is 0 Å². The Hall–Kier alpha value is -3.15. The number of carbonyl (C=O) groups is 1. The molecular formula is C16H11NO5. The highest BCUT2D eigenvalue weighted by Gasteiger charge is 2.27. The molecule has 2 aromatic carbocycles. The van der Waals surface area contributed by atoms with Crippen molar-refractivity contribution in [1.82, 2.24) is 0 Å². The van der Waals surface area contributed by atoms with Crippen LogP contribution in [0.1, 0.15) is 5.56 Å². The minimum atomic E-state index is -1.00. The summed E-state index contributed by atoms with van der Waals surface area (Å²) in [4.78, 5) is 21.7. The lowest BCUT2D eigenvalue weighted by molar-refractivity contribution is -0.400. The van der Waals surface area contributed by atoms with Crippen LogP contribution >= 0.6 is 0 Å². The topological polar surface area (TPSA) is 93.6 Å². The first-order valence-electron chi connectivity index (χ1n) is 6.54. The van der Waals surface area contributed by atoms with Gasteiger partial charge >= 0.3 is 11.9 Å². The van der Waals surface area contributed by atoms with Gasteiger partial charge in [0.15, 0.2) is 0 Å². The fraction of sp³-hybridized carbons (Fsp3) is 0.0625. The second-order valence-electron chi connectivity index (χ2n) is 4.77. The van der Waals surface area contributed by atoms with Gasteiger partial charge in [-0.05, 0) is 17.2 Å². The van der Waals surface area contributed by atoms with Crippen LogP contribution in [-0.2, 0) is 11.2 Å². The van der Waals surface area contributed by atoms with Crippen LogP contribution in [0.25, 0.3) is 22.1 Å². The minimum absolute atomic E-state index is 0.228. The fourth-order valence-corrected chi connectivity index (χ4v) is 2.52. The SMILES string of the molecule is O=C(O)Cc1cccc2oc([N+](=O)[O-])c(-c3ccccc3)c12. The molecule has 6 heteroatoms. The molecule has 0 bridgehead atoms. The molecule has 0 spiro atoms. The summed E-state index contributed by atoms with van der Waals surface area (Å²) in [5, 5.41) is 20.8. The third-order valence-corrected chi connectivity index (χ3v) is 3.35. The molecule has 0 aliphatic carbocycles. The van der Waals surface area contributed by atoms with Gasteiger partial charge in [0.1, 0.15) is 16.1 Å². The van der Waals surface area contributed by atoms with Gasteiger partial charge in [-0.25, -0.2) is 0 Å². The molecule has 0 saturated carbocycles. The van der Waals surface area contributed by atoms with Crippen LogP contribution in [0.5, 0.6) is 0 Å². The zero-order valence-corrected chi connectivity index (χ0v) is 11.4. The Balaban J connectivity index is 2.38. The molecule has 0 saturated heterocycles. The average Bonchev–Trinajstić information content (AvgIpc) is 2.88. The van der Waals surface area contributed by atoms with Crippen molar-refractivity contribution in [2.75, 3.05) is 0 Å².